The number of rotatable bonds is 17. The summed E-state index contributed by atoms with van der Waals surface area (Å²) in [6, 6.07) is 8.25. The van der Waals surface area contributed by atoms with Crippen LogP contribution in [0.15, 0.2) is 36.7 Å². The van der Waals surface area contributed by atoms with Gasteiger partial charge in [0.2, 0.25) is 0 Å². The Bertz CT molecular complexity index is 778. The van der Waals surface area contributed by atoms with Gasteiger partial charge in [0.15, 0.2) is 5.82 Å². The Labute approximate surface area is 215 Å². The molecule has 1 aliphatic carbocycles. The molecule has 1 heterocycles. The second-order valence-electron chi connectivity index (χ2n) is 10.8. The second kappa shape index (κ2) is 16.7. The van der Waals surface area contributed by atoms with E-state index in [0.717, 1.165) is 48.4 Å². The lowest BCUT2D eigenvalue weighted by atomic mass is 9.78. The van der Waals surface area contributed by atoms with Gasteiger partial charge < -0.3 is 4.74 Å². The quantitative estimate of drug-likeness (QED) is 0.212. The van der Waals surface area contributed by atoms with E-state index in [1.165, 1.54) is 102 Å². The van der Waals surface area contributed by atoms with Crippen LogP contribution in [0.25, 0.3) is 11.4 Å². The van der Waals surface area contributed by atoms with Crippen molar-refractivity contribution in [3.63, 3.8) is 0 Å². The predicted octanol–water partition coefficient (Wildman–Crippen LogP) is 9.59. The lowest BCUT2D eigenvalue weighted by Gasteiger charge is -2.28. The molecule has 1 aromatic carbocycles. The first-order chi connectivity index (χ1) is 17.3. The molecule has 3 rings (SSSR count). The number of benzene rings is 1. The number of aromatic nitrogens is 2. The molecule has 0 aliphatic heterocycles. The summed E-state index contributed by atoms with van der Waals surface area (Å²) in [4.78, 5) is 9.09. The molecule has 3 nitrogen and oxygen atoms in total. The molecule has 194 valence electrons. The first-order valence-electron chi connectivity index (χ1n) is 14.8. The van der Waals surface area contributed by atoms with E-state index in [2.05, 4.69) is 48.1 Å². The van der Waals surface area contributed by atoms with Crippen molar-refractivity contribution in [1.29, 1.82) is 0 Å². The fourth-order valence-electron chi connectivity index (χ4n) is 5.48. The molecule has 0 N–H and O–H groups in total. The summed E-state index contributed by atoms with van der Waals surface area (Å²) in [5.41, 5.74) is 2.27. The molecule has 1 fully saturated rings. The van der Waals surface area contributed by atoms with Gasteiger partial charge in [0, 0.05) is 18.0 Å². The van der Waals surface area contributed by atoms with Gasteiger partial charge in [0.25, 0.3) is 0 Å². The van der Waals surface area contributed by atoms with Crippen molar-refractivity contribution in [2.24, 2.45) is 11.8 Å². The number of aryl methyl sites for hydroxylation is 1. The number of nitrogens with zero attached hydrogens (tertiary/aromatic N) is 2. The van der Waals surface area contributed by atoms with Gasteiger partial charge in [-0.15, -0.1) is 0 Å². The fourth-order valence-corrected chi connectivity index (χ4v) is 5.48. The standard InChI is InChI=1S/C32H50N2O/c1-3-5-7-8-9-10-11-14-27-16-18-28(19-17-27)15-12-24-35-31-22-20-30(21-23-31)32-33-25-29(26-34-32)13-6-4-2/h20-23,25-28H,3-19,24H2,1-2H3. The van der Waals surface area contributed by atoms with Gasteiger partial charge >= 0.3 is 0 Å². The zero-order valence-electron chi connectivity index (χ0n) is 22.6. The Morgan fingerprint density at radius 1 is 0.686 bits per heavy atom. The van der Waals surface area contributed by atoms with Crippen LogP contribution in [0.3, 0.4) is 0 Å². The fraction of sp³-hybridized carbons (Fsp3) is 0.688. The van der Waals surface area contributed by atoms with Gasteiger partial charge in [-0.25, -0.2) is 9.97 Å². The molecular weight excluding hydrogens is 428 g/mol. The predicted molar refractivity (Wildman–Crippen MR) is 149 cm³/mol. The van der Waals surface area contributed by atoms with Crippen molar-refractivity contribution in [2.75, 3.05) is 6.61 Å². The summed E-state index contributed by atoms with van der Waals surface area (Å²) in [5.74, 6) is 3.67. The molecule has 3 heteroatoms. The molecule has 0 saturated heterocycles. The smallest absolute Gasteiger partial charge is 0.159 e. The monoisotopic (exact) mass is 478 g/mol. The molecule has 0 bridgehead atoms. The highest BCUT2D eigenvalue weighted by Crippen LogP contribution is 2.34. The topological polar surface area (TPSA) is 35.0 Å². The van der Waals surface area contributed by atoms with E-state index in [1.54, 1.807) is 0 Å². The van der Waals surface area contributed by atoms with E-state index in [0.29, 0.717) is 0 Å². The third-order valence-corrected chi connectivity index (χ3v) is 7.84. The van der Waals surface area contributed by atoms with E-state index in [-0.39, 0.29) is 0 Å². The molecule has 0 atom stereocenters. The number of ether oxygens (including phenoxy) is 1. The summed E-state index contributed by atoms with van der Waals surface area (Å²) in [5, 5.41) is 0. The van der Waals surface area contributed by atoms with Gasteiger partial charge in [0.05, 0.1) is 6.61 Å². The molecule has 0 unspecified atom stereocenters. The summed E-state index contributed by atoms with van der Waals surface area (Å²) in [7, 11) is 0. The summed E-state index contributed by atoms with van der Waals surface area (Å²) < 4.78 is 6.03. The number of hydrogen-bond donors (Lipinski definition) is 0. The Balaban J connectivity index is 1.24. The van der Waals surface area contributed by atoms with Crippen molar-refractivity contribution < 1.29 is 4.74 Å². The van der Waals surface area contributed by atoms with Gasteiger partial charge in [-0.05, 0) is 67.3 Å². The zero-order chi connectivity index (χ0) is 24.6. The van der Waals surface area contributed by atoms with Crippen molar-refractivity contribution in [2.45, 2.75) is 123 Å². The van der Waals surface area contributed by atoms with E-state index < -0.39 is 0 Å². The van der Waals surface area contributed by atoms with Gasteiger partial charge in [-0.1, -0.05) is 97.3 Å². The van der Waals surface area contributed by atoms with Crippen molar-refractivity contribution >= 4 is 0 Å². The zero-order valence-corrected chi connectivity index (χ0v) is 22.6. The third kappa shape index (κ3) is 10.7. The van der Waals surface area contributed by atoms with Crippen molar-refractivity contribution in [3.8, 4) is 17.1 Å². The SMILES string of the molecule is CCCCCCCCCC1CCC(CCCOc2ccc(-c3ncc(CCCC)cn3)cc2)CC1. The lowest BCUT2D eigenvalue weighted by molar-refractivity contribution is 0.228. The van der Waals surface area contributed by atoms with Crippen LogP contribution in [0.2, 0.25) is 0 Å². The van der Waals surface area contributed by atoms with Crippen LogP contribution in [0.1, 0.15) is 122 Å². The van der Waals surface area contributed by atoms with Crippen LogP contribution in [-0.2, 0) is 6.42 Å². The minimum Gasteiger partial charge on any atom is -0.494 e. The maximum Gasteiger partial charge on any atom is 0.159 e. The summed E-state index contributed by atoms with van der Waals surface area (Å²) >= 11 is 0. The second-order valence-corrected chi connectivity index (χ2v) is 10.8. The van der Waals surface area contributed by atoms with Crippen LogP contribution >= 0.6 is 0 Å². The van der Waals surface area contributed by atoms with E-state index in [9.17, 15) is 0 Å². The Morgan fingerprint density at radius 2 is 1.26 bits per heavy atom. The minimum absolute atomic E-state index is 0.791. The Kier molecular flexibility index (Phi) is 13.2. The molecule has 35 heavy (non-hydrogen) atoms. The van der Waals surface area contributed by atoms with Crippen LogP contribution in [0.4, 0.5) is 0 Å². The van der Waals surface area contributed by atoms with E-state index in [1.807, 2.05) is 12.4 Å². The van der Waals surface area contributed by atoms with Crippen molar-refractivity contribution in [3.05, 3.63) is 42.2 Å². The molecular formula is C32H50N2O. The summed E-state index contributed by atoms with van der Waals surface area (Å²) in [6.45, 7) is 5.33. The maximum absolute atomic E-state index is 6.03. The average Bonchev–Trinajstić information content (AvgIpc) is 2.91. The largest absolute Gasteiger partial charge is 0.494 e. The van der Waals surface area contributed by atoms with Crippen molar-refractivity contribution in [1.82, 2.24) is 9.97 Å². The minimum atomic E-state index is 0.791. The highest BCUT2D eigenvalue weighted by molar-refractivity contribution is 5.55. The first kappa shape index (κ1) is 27.7. The van der Waals surface area contributed by atoms with Crippen LogP contribution < -0.4 is 4.74 Å². The highest BCUT2D eigenvalue weighted by Gasteiger charge is 2.20. The maximum atomic E-state index is 6.03. The van der Waals surface area contributed by atoms with Gasteiger partial charge in [-0.3, -0.25) is 0 Å². The Hall–Kier alpha value is -1.90. The third-order valence-electron chi connectivity index (χ3n) is 7.84. The summed E-state index contributed by atoms with van der Waals surface area (Å²) in [6.07, 6.45) is 27.2. The van der Waals surface area contributed by atoms with E-state index in [4.69, 9.17) is 4.74 Å². The molecule has 0 radical (unpaired) electrons. The molecule has 1 aliphatic rings. The lowest BCUT2D eigenvalue weighted by Crippen LogP contribution is -2.15. The molecule has 1 aromatic heterocycles. The van der Waals surface area contributed by atoms with E-state index >= 15 is 0 Å². The molecule has 0 spiro atoms. The van der Waals surface area contributed by atoms with Crippen LogP contribution in [0, 0.1) is 11.8 Å². The molecule has 1 saturated carbocycles. The normalized spacial score (nSPS) is 18.0. The molecule has 0 amide bonds. The van der Waals surface area contributed by atoms with Crippen LogP contribution in [0.5, 0.6) is 5.75 Å². The average molecular weight is 479 g/mol. The van der Waals surface area contributed by atoms with Gasteiger partial charge in [0.1, 0.15) is 5.75 Å². The Morgan fingerprint density at radius 3 is 1.89 bits per heavy atom. The number of unbranched alkanes of at least 4 members (excludes halogenated alkanes) is 7. The molecule has 2 aromatic rings. The number of hydrogen-bond acceptors (Lipinski definition) is 3. The van der Waals surface area contributed by atoms with Crippen LogP contribution in [-0.4, -0.2) is 16.6 Å². The van der Waals surface area contributed by atoms with Gasteiger partial charge in [-0.2, -0.15) is 0 Å². The highest BCUT2D eigenvalue weighted by atomic mass is 16.5. The first-order valence-corrected chi connectivity index (χ1v) is 14.8.